The van der Waals surface area contributed by atoms with Gasteiger partial charge in [-0.25, -0.2) is 0 Å². The van der Waals surface area contributed by atoms with Gasteiger partial charge in [-0.3, -0.25) is 14.5 Å². The summed E-state index contributed by atoms with van der Waals surface area (Å²) in [5.74, 6) is -0.970. The van der Waals surface area contributed by atoms with Gasteiger partial charge in [-0.05, 0) is 40.7 Å². The maximum absolute atomic E-state index is 13.5. The van der Waals surface area contributed by atoms with Crippen LogP contribution in [-0.2, 0) is 20.8 Å². The second kappa shape index (κ2) is 11.8. The Labute approximate surface area is 248 Å². The lowest BCUT2D eigenvalue weighted by Crippen LogP contribution is -2.31. The number of hydrogen-bond acceptors (Lipinski definition) is 7. The van der Waals surface area contributed by atoms with Crippen LogP contribution in [0.15, 0.2) is 101 Å². The summed E-state index contributed by atoms with van der Waals surface area (Å²) in [5.41, 5.74) is 4.97. The van der Waals surface area contributed by atoms with Gasteiger partial charge >= 0.3 is 0 Å². The highest BCUT2D eigenvalue weighted by atomic mass is 32.2. The van der Waals surface area contributed by atoms with Gasteiger partial charge in [0.15, 0.2) is 15.9 Å². The monoisotopic (exact) mass is 581 g/mol. The summed E-state index contributed by atoms with van der Waals surface area (Å²) in [6.07, 6.45) is 3.08. The van der Waals surface area contributed by atoms with Crippen LogP contribution in [-0.4, -0.2) is 27.0 Å². The quantitative estimate of drug-likeness (QED) is 0.131. The second-order valence-electron chi connectivity index (χ2n) is 10.9. The van der Waals surface area contributed by atoms with E-state index in [1.54, 1.807) is 6.08 Å². The Morgan fingerprint density at radius 3 is 2.34 bits per heavy atom. The van der Waals surface area contributed by atoms with Crippen molar-refractivity contribution in [3.8, 4) is 0 Å². The van der Waals surface area contributed by atoms with Crippen molar-refractivity contribution in [1.29, 1.82) is 0 Å². The normalized spacial score (nSPS) is 15.8. The van der Waals surface area contributed by atoms with Gasteiger partial charge in [-0.15, -0.1) is 10.2 Å². The van der Waals surface area contributed by atoms with E-state index in [2.05, 4.69) is 55.2 Å². The summed E-state index contributed by atoms with van der Waals surface area (Å²) in [5, 5.41) is 20.0. The van der Waals surface area contributed by atoms with Gasteiger partial charge < -0.3 is 5.11 Å². The molecule has 6 nitrogen and oxygen atoms in total. The Morgan fingerprint density at radius 1 is 1.00 bits per heavy atom. The minimum absolute atomic E-state index is 0.0229. The van der Waals surface area contributed by atoms with E-state index in [1.165, 1.54) is 39.6 Å². The third-order valence-corrected chi connectivity index (χ3v) is 9.00. The van der Waals surface area contributed by atoms with E-state index in [0.717, 1.165) is 16.7 Å². The molecule has 5 rings (SSSR count). The molecule has 1 aromatic heterocycles. The summed E-state index contributed by atoms with van der Waals surface area (Å²) in [6, 6.07) is 24.7. The van der Waals surface area contributed by atoms with Crippen molar-refractivity contribution in [2.24, 2.45) is 0 Å². The number of carbonyl (C=O) groups is 2. The van der Waals surface area contributed by atoms with Gasteiger partial charge in [0.25, 0.3) is 5.91 Å². The van der Waals surface area contributed by atoms with Crippen molar-refractivity contribution in [1.82, 2.24) is 10.2 Å². The first-order chi connectivity index (χ1) is 19.6. The number of anilines is 1. The number of rotatable bonds is 8. The zero-order chi connectivity index (χ0) is 29.1. The van der Waals surface area contributed by atoms with Crippen LogP contribution in [0, 0.1) is 6.92 Å². The number of amides is 1. The highest BCUT2D eigenvalue weighted by Crippen LogP contribution is 2.43. The van der Waals surface area contributed by atoms with Crippen LogP contribution in [0.1, 0.15) is 54.6 Å². The Hall–Kier alpha value is -4.01. The summed E-state index contributed by atoms with van der Waals surface area (Å²) in [6.45, 7) is 8.42. The van der Waals surface area contributed by atoms with E-state index in [0.29, 0.717) is 20.8 Å². The van der Waals surface area contributed by atoms with Crippen molar-refractivity contribution < 1.29 is 14.7 Å². The number of nitrogens with zero attached hydrogens (tertiary/aromatic N) is 3. The Kier molecular flexibility index (Phi) is 8.24. The first kappa shape index (κ1) is 28.5. The van der Waals surface area contributed by atoms with Crippen molar-refractivity contribution >= 4 is 46.0 Å². The molecule has 0 fully saturated rings. The number of aryl methyl sites for hydroxylation is 1. The Bertz CT molecular complexity index is 1620. The second-order valence-corrected chi connectivity index (χ2v) is 13.1. The lowest BCUT2D eigenvalue weighted by molar-refractivity contribution is -0.117. The standard InChI is InChI=1S/C33H31N3O3S2/c1-21-10-12-23(13-11-21)20-40-32-35-34-31(41-32)36-28(24-15-17-25(18-16-24)33(2,3)4)27(29(38)30(36)39)26(37)19-14-22-8-6-5-7-9-22/h5-19,28,38H,20H2,1-4H3. The summed E-state index contributed by atoms with van der Waals surface area (Å²) in [4.78, 5) is 28.4. The van der Waals surface area contributed by atoms with Crippen LogP contribution in [0.2, 0.25) is 0 Å². The number of allylic oxidation sites excluding steroid dienone is 1. The molecule has 2 heterocycles. The number of aromatic nitrogens is 2. The van der Waals surface area contributed by atoms with E-state index in [1.807, 2.05) is 61.5 Å². The van der Waals surface area contributed by atoms with Crippen LogP contribution in [0.3, 0.4) is 0 Å². The van der Waals surface area contributed by atoms with Gasteiger partial charge in [-0.2, -0.15) is 0 Å². The fraction of sp³-hybridized carbons (Fsp3) is 0.212. The number of benzene rings is 3. The number of aliphatic hydroxyl groups is 1. The number of carbonyl (C=O) groups excluding carboxylic acids is 2. The molecule has 0 radical (unpaired) electrons. The largest absolute Gasteiger partial charge is 0.503 e. The molecule has 0 saturated carbocycles. The van der Waals surface area contributed by atoms with E-state index < -0.39 is 23.5 Å². The van der Waals surface area contributed by atoms with E-state index in [4.69, 9.17) is 0 Å². The van der Waals surface area contributed by atoms with Crippen LogP contribution in [0.5, 0.6) is 0 Å². The van der Waals surface area contributed by atoms with Gasteiger partial charge in [0.2, 0.25) is 5.13 Å². The number of ketones is 1. The number of thioether (sulfide) groups is 1. The Morgan fingerprint density at radius 2 is 1.68 bits per heavy atom. The molecule has 1 aliphatic rings. The fourth-order valence-electron chi connectivity index (χ4n) is 4.55. The zero-order valence-corrected chi connectivity index (χ0v) is 25.0. The van der Waals surface area contributed by atoms with Crippen LogP contribution in [0.25, 0.3) is 6.08 Å². The summed E-state index contributed by atoms with van der Waals surface area (Å²) >= 11 is 2.80. The van der Waals surface area contributed by atoms with Gasteiger partial charge in [0.05, 0.1) is 11.6 Å². The van der Waals surface area contributed by atoms with E-state index in [9.17, 15) is 14.7 Å². The van der Waals surface area contributed by atoms with Gasteiger partial charge in [0.1, 0.15) is 0 Å². The molecule has 1 N–H and O–H groups in total. The van der Waals surface area contributed by atoms with E-state index >= 15 is 0 Å². The predicted octanol–water partition coefficient (Wildman–Crippen LogP) is 7.62. The molecule has 1 unspecified atom stereocenters. The van der Waals surface area contributed by atoms with Crippen LogP contribution >= 0.6 is 23.1 Å². The number of hydrogen-bond donors (Lipinski definition) is 1. The van der Waals surface area contributed by atoms with E-state index in [-0.39, 0.29) is 11.0 Å². The molecular weight excluding hydrogens is 551 g/mol. The first-order valence-corrected chi connectivity index (χ1v) is 15.1. The molecule has 208 valence electrons. The lowest BCUT2D eigenvalue weighted by atomic mass is 9.85. The van der Waals surface area contributed by atoms with Crippen molar-refractivity contribution in [3.63, 3.8) is 0 Å². The smallest absolute Gasteiger partial charge is 0.296 e. The topological polar surface area (TPSA) is 83.4 Å². The molecule has 1 aliphatic heterocycles. The van der Waals surface area contributed by atoms with Gasteiger partial charge in [0, 0.05) is 5.75 Å². The Balaban J connectivity index is 1.48. The average Bonchev–Trinajstić information content (AvgIpc) is 3.53. The minimum Gasteiger partial charge on any atom is -0.503 e. The summed E-state index contributed by atoms with van der Waals surface area (Å²) in [7, 11) is 0. The molecule has 8 heteroatoms. The third-order valence-electron chi connectivity index (χ3n) is 6.88. The molecule has 0 saturated heterocycles. The van der Waals surface area contributed by atoms with Gasteiger partial charge in [-0.1, -0.05) is 134 Å². The molecule has 0 aliphatic carbocycles. The van der Waals surface area contributed by atoms with Crippen LogP contribution < -0.4 is 4.90 Å². The molecular formula is C33H31N3O3S2. The highest BCUT2D eigenvalue weighted by molar-refractivity contribution is 8.00. The maximum atomic E-state index is 13.5. The average molecular weight is 582 g/mol. The minimum atomic E-state index is -0.840. The predicted molar refractivity (Wildman–Crippen MR) is 166 cm³/mol. The SMILES string of the molecule is Cc1ccc(CSc2nnc(N3C(=O)C(O)=C(C(=O)C=Cc4ccccc4)C3c3ccc(C(C)(C)C)cc3)s2)cc1. The molecule has 41 heavy (non-hydrogen) atoms. The third kappa shape index (κ3) is 6.34. The molecule has 1 amide bonds. The molecule has 0 spiro atoms. The van der Waals surface area contributed by atoms with Crippen molar-refractivity contribution in [2.75, 3.05) is 4.90 Å². The zero-order valence-electron chi connectivity index (χ0n) is 23.4. The number of aliphatic hydroxyl groups excluding tert-OH is 1. The lowest BCUT2D eigenvalue weighted by Gasteiger charge is -2.25. The molecule has 1 atom stereocenters. The summed E-state index contributed by atoms with van der Waals surface area (Å²) < 4.78 is 0.693. The maximum Gasteiger partial charge on any atom is 0.296 e. The van der Waals surface area contributed by atoms with Crippen molar-refractivity contribution in [3.05, 3.63) is 124 Å². The molecule has 4 aromatic rings. The fourth-order valence-corrected chi connectivity index (χ4v) is 6.37. The molecule has 0 bridgehead atoms. The molecule has 3 aromatic carbocycles. The van der Waals surface area contributed by atoms with Crippen molar-refractivity contribution in [2.45, 2.75) is 49.2 Å². The first-order valence-electron chi connectivity index (χ1n) is 13.3. The van der Waals surface area contributed by atoms with Crippen LogP contribution in [0.4, 0.5) is 5.13 Å². The highest BCUT2D eigenvalue weighted by Gasteiger charge is 2.45.